The van der Waals surface area contributed by atoms with E-state index < -0.39 is 24.5 Å². The third kappa shape index (κ3) is 5.12. The lowest BCUT2D eigenvalue weighted by atomic mass is 9.96. The largest absolute Gasteiger partial charge is 0.406 e. The summed E-state index contributed by atoms with van der Waals surface area (Å²) in [7, 11) is 0. The molecule has 0 aromatic heterocycles. The van der Waals surface area contributed by atoms with Gasteiger partial charge < -0.3 is 9.80 Å². The van der Waals surface area contributed by atoms with Gasteiger partial charge in [0.05, 0.1) is 12.0 Å². The summed E-state index contributed by atoms with van der Waals surface area (Å²) in [5.41, 5.74) is 2.34. The number of benzene rings is 2. The molecule has 5 nitrogen and oxygen atoms in total. The van der Waals surface area contributed by atoms with Gasteiger partial charge in [0.2, 0.25) is 11.8 Å². The van der Waals surface area contributed by atoms with Crippen LogP contribution in [-0.2, 0) is 9.59 Å². The lowest BCUT2D eigenvalue weighted by Gasteiger charge is -2.40. The number of carbonyl (C=O) groups excluding carboxylic acids is 2. The van der Waals surface area contributed by atoms with Gasteiger partial charge in [-0.05, 0) is 11.1 Å². The van der Waals surface area contributed by atoms with Gasteiger partial charge in [0, 0.05) is 39.1 Å². The second-order valence-electron chi connectivity index (χ2n) is 8.38. The highest BCUT2D eigenvalue weighted by Crippen LogP contribution is 2.30. The highest BCUT2D eigenvalue weighted by Gasteiger charge is 2.42. The third-order valence-electron chi connectivity index (χ3n) is 6.16. The Morgan fingerprint density at radius 2 is 1.44 bits per heavy atom. The van der Waals surface area contributed by atoms with Gasteiger partial charge in [0.15, 0.2) is 0 Å². The van der Waals surface area contributed by atoms with Crippen LogP contribution < -0.4 is 0 Å². The Labute approximate surface area is 185 Å². The van der Waals surface area contributed by atoms with Crippen molar-refractivity contribution in [3.63, 3.8) is 0 Å². The van der Waals surface area contributed by atoms with E-state index in [0.717, 1.165) is 4.90 Å². The number of piperazine rings is 1. The minimum atomic E-state index is -4.46. The first-order valence-electron chi connectivity index (χ1n) is 10.8. The van der Waals surface area contributed by atoms with Gasteiger partial charge in [-0.1, -0.05) is 60.7 Å². The minimum Gasteiger partial charge on any atom is -0.340 e. The predicted molar refractivity (Wildman–Crippen MR) is 114 cm³/mol. The summed E-state index contributed by atoms with van der Waals surface area (Å²) < 4.78 is 38.0. The van der Waals surface area contributed by atoms with Crippen LogP contribution in [0.1, 0.15) is 23.6 Å². The fourth-order valence-corrected chi connectivity index (χ4v) is 4.65. The molecule has 2 aromatic rings. The topological polar surface area (TPSA) is 43.9 Å². The summed E-state index contributed by atoms with van der Waals surface area (Å²) in [6, 6.07) is 20.4. The van der Waals surface area contributed by atoms with E-state index in [2.05, 4.69) is 29.2 Å². The van der Waals surface area contributed by atoms with E-state index in [1.165, 1.54) is 11.1 Å². The van der Waals surface area contributed by atoms with Crippen molar-refractivity contribution in [1.82, 2.24) is 14.7 Å². The molecule has 1 atom stereocenters. The highest BCUT2D eigenvalue weighted by atomic mass is 19.4. The minimum absolute atomic E-state index is 0.0602. The number of halogens is 3. The van der Waals surface area contributed by atoms with E-state index in [1.54, 1.807) is 4.90 Å². The fraction of sp³-hybridized carbons (Fsp3) is 0.417. The Bertz CT molecular complexity index is 889. The summed E-state index contributed by atoms with van der Waals surface area (Å²) in [6.07, 6.45) is -4.60. The zero-order valence-corrected chi connectivity index (χ0v) is 17.7. The van der Waals surface area contributed by atoms with Crippen molar-refractivity contribution >= 4 is 11.8 Å². The third-order valence-corrected chi connectivity index (χ3v) is 6.16. The second-order valence-corrected chi connectivity index (χ2v) is 8.38. The summed E-state index contributed by atoms with van der Waals surface area (Å²) in [4.78, 5) is 29.6. The van der Waals surface area contributed by atoms with Gasteiger partial charge in [-0.15, -0.1) is 0 Å². The molecular weight excluding hydrogens is 419 g/mol. The molecule has 32 heavy (non-hydrogen) atoms. The molecule has 1 unspecified atom stereocenters. The molecule has 8 heteroatoms. The van der Waals surface area contributed by atoms with Gasteiger partial charge >= 0.3 is 6.18 Å². The maximum absolute atomic E-state index is 12.9. The van der Waals surface area contributed by atoms with Crippen molar-refractivity contribution in [2.45, 2.75) is 18.6 Å². The number of amides is 2. The molecule has 2 saturated heterocycles. The second kappa shape index (κ2) is 9.32. The molecule has 0 N–H and O–H groups in total. The predicted octanol–water partition coefficient (Wildman–Crippen LogP) is 3.33. The van der Waals surface area contributed by atoms with Crippen LogP contribution in [0, 0.1) is 5.92 Å². The molecule has 170 valence electrons. The molecule has 2 aliphatic rings. The maximum atomic E-state index is 12.9. The van der Waals surface area contributed by atoms with Gasteiger partial charge in [0.1, 0.15) is 6.54 Å². The van der Waals surface area contributed by atoms with Gasteiger partial charge in [0.25, 0.3) is 0 Å². The fourth-order valence-electron chi connectivity index (χ4n) is 4.65. The van der Waals surface area contributed by atoms with Crippen LogP contribution in [0.3, 0.4) is 0 Å². The number of hydrogen-bond acceptors (Lipinski definition) is 3. The van der Waals surface area contributed by atoms with Crippen molar-refractivity contribution < 1.29 is 22.8 Å². The molecule has 0 radical (unpaired) electrons. The summed E-state index contributed by atoms with van der Waals surface area (Å²) in [6.45, 7) is 0.811. The number of rotatable bonds is 5. The quantitative estimate of drug-likeness (QED) is 0.709. The first-order valence-corrected chi connectivity index (χ1v) is 10.8. The molecule has 2 heterocycles. The van der Waals surface area contributed by atoms with E-state index in [9.17, 15) is 22.8 Å². The highest BCUT2D eigenvalue weighted by molar-refractivity contribution is 5.89. The SMILES string of the molecule is O=C1CC(C(=O)N2CCN(C(c3ccccc3)c3ccccc3)CC2)CN1CC(F)(F)F. The zero-order valence-electron chi connectivity index (χ0n) is 17.7. The molecule has 2 amide bonds. The van der Waals surface area contributed by atoms with Crippen LogP contribution in [-0.4, -0.2) is 72.0 Å². The van der Waals surface area contributed by atoms with E-state index >= 15 is 0 Å². The Balaban J connectivity index is 1.41. The Morgan fingerprint density at radius 3 is 1.94 bits per heavy atom. The Hall–Kier alpha value is -2.87. The van der Waals surface area contributed by atoms with Gasteiger partial charge in [-0.25, -0.2) is 0 Å². The van der Waals surface area contributed by atoms with Crippen molar-refractivity contribution in [1.29, 1.82) is 0 Å². The summed E-state index contributed by atoms with van der Waals surface area (Å²) in [5.74, 6) is -1.53. The standard InChI is InChI=1S/C24H26F3N3O2/c25-24(26,27)17-30-16-20(15-21(30)31)23(32)29-13-11-28(12-14-29)22(18-7-3-1-4-8-18)19-9-5-2-6-10-19/h1-10,20,22H,11-17H2. The summed E-state index contributed by atoms with van der Waals surface area (Å²) in [5, 5.41) is 0. The molecule has 2 fully saturated rings. The van der Waals surface area contributed by atoms with Gasteiger partial charge in [-0.2, -0.15) is 13.2 Å². The van der Waals surface area contributed by atoms with Crippen LogP contribution >= 0.6 is 0 Å². The van der Waals surface area contributed by atoms with Gasteiger partial charge in [-0.3, -0.25) is 14.5 Å². The number of nitrogens with zero attached hydrogens (tertiary/aromatic N) is 3. The Kier molecular flexibility index (Phi) is 6.50. The first kappa shape index (κ1) is 22.3. The molecule has 0 saturated carbocycles. The van der Waals surface area contributed by atoms with Crippen molar-refractivity contribution in [3.8, 4) is 0 Å². The average molecular weight is 445 g/mol. The monoisotopic (exact) mass is 445 g/mol. The van der Waals surface area contributed by atoms with E-state index in [0.29, 0.717) is 26.2 Å². The molecule has 0 aliphatic carbocycles. The zero-order chi connectivity index (χ0) is 22.7. The number of carbonyl (C=O) groups is 2. The van der Waals surface area contributed by atoms with E-state index in [-0.39, 0.29) is 24.9 Å². The molecule has 4 rings (SSSR count). The molecule has 2 aliphatic heterocycles. The smallest absolute Gasteiger partial charge is 0.340 e. The molecule has 2 aromatic carbocycles. The van der Waals surface area contributed by atoms with E-state index in [1.807, 2.05) is 36.4 Å². The Morgan fingerprint density at radius 1 is 0.906 bits per heavy atom. The van der Waals surface area contributed by atoms with Crippen LogP contribution in [0.25, 0.3) is 0 Å². The molecule has 0 bridgehead atoms. The number of likely N-dealkylation sites (tertiary alicyclic amines) is 1. The van der Waals surface area contributed by atoms with Crippen LogP contribution in [0.2, 0.25) is 0 Å². The summed E-state index contributed by atoms with van der Waals surface area (Å²) >= 11 is 0. The lowest BCUT2D eigenvalue weighted by molar-refractivity contribution is -0.157. The normalized spacial score (nSPS) is 20.2. The molecular formula is C24H26F3N3O2. The molecule has 0 spiro atoms. The first-order chi connectivity index (χ1) is 15.3. The number of hydrogen-bond donors (Lipinski definition) is 0. The van der Waals surface area contributed by atoms with Crippen LogP contribution in [0.4, 0.5) is 13.2 Å². The van der Waals surface area contributed by atoms with Crippen LogP contribution in [0.5, 0.6) is 0 Å². The van der Waals surface area contributed by atoms with Crippen LogP contribution in [0.15, 0.2) is 60.7 Å². The lowest BCUT2D eigenvalue weighted by Crippen LogP contribution is -2.51. The van der Waals surface area contributed by atoms with Crippen molar-refractivity contribution in [3.05, 3.63) is 71.8 Å². The van der Waals surface area contributed by atoms with Crippen molar-refractivity contribution in [2.75, 3.05) is 39.3 Å². The van der Waals surface area contributed by atoms with Crippen molar-refractivity contribution in [2.24, 2.45) is 5.92 Å². The van der Waals surface area contributed by atoms with E-state index in [4.69, 9.17) is 0 Å². The maximum Gasteiger partial charge on any atom is 0.406 e. The average Bonchev–Trinajstić information content (AvgIpc) is 3.14. The number of alkyl halides is 3.